The average molecular weight is 191 g/mol. The quantitative estimate of drug-likeness (QED) is 0.747. The number of carbonyl (C=O) groups is 1. The molecular weight excluding hydrogens is 182 g/mol. The molecule has 5 nitrogen and oxygen atoms in total. The minimum Gasteiger partial charge on any atom is -0.478 e. The Balaban J connectivity index is 2.51. The molecule has 2 aromatic rings. The summed E-state index contributed by atoms with van der Waals surface area (Å²) in [5.41, 5.74) is 1.72. The zero-order valence-corrected chi connectivity index (χ0v) is 7.56. The van der Waals surface area contributed by atoms with Gasteiger partial charge in [0.15, 0.2) is 0 Å². The van der Waals surface area contributed by atoms with Crippen molar-refractivity contribution in [2.24, 2.45) is 7.05 Å². The van der Waals surface area contributed by atoms with Crippen molar-refractivity contribution in [1.82, 2.24) is 14.8 Å². The van der Waals surface area contributed by atoms with Crippen molar-refractivity contribution in [2.75, 3.05) is 0 Å². The number of hydrogen-bond acceptors (Lipinski definition) is 2. The Morgan fingerprint density at radius 1 is 1.57 bits per heavy atom. The third kappa shape index (κ3) is 1.28. The second kappa shape index (κ2) is 3.02. The summed E-state index contributed by atoms with van der Waals surface area (Å²) in [7, 11) is 1.79. The van der Waals surface area contributed by atoms with Crippen LogP contribution in [0.1, 0.15) is 10.4 Å². The number of H-pyrrole nitrogens is 1. The molecule has 0 aliphatic rings. The van der Waals surface area contributed by atoms with E-state index in [4.69, 9.17) is 5.11 Å². The lowest BCUT2D eigenvalue weighted by molar-refractivity contribution is 0.0698. The number of aromatic nitrogens is 3. The van der Waals surface area contributed by atoms with Gasteiger partial charge in [-0.1, -0.05) is 0 Å². The summed E-state index contributed by atoms with van der Waals surface area (Å²) in [6.45, 7) is 0. The maximum absolute atomic E-state index is 10.8. The van der Waals surface area contributed by atoms with E-state index in [-0.39, 0.29) is 5.56 Å². The topological polar surface area (TPSA) is 70.9 Å². The largest absolute Gasteiger partial charge is 0.478 e. The molecule has 0 saturated carbocycles. The minimum absolute atomic E-state index is 0.262. The fraction of sp³-hybridized carbons (Fsp3) is 0.111. The number of nitrogens with one attached hydrogen (secondary N) is 1. The number of aromatic amines is 1. The van der Waals surface area contributed by atoms with Crippen molar-refractivity contribution < 1.29 is 9.90 Å². The molecule has 2 N–H and O–H groups in total. The SMILES string of the molecule is Cn1cc(-c2c[nH]cc2C(=O)O)cn1. The van der Waals surface area contributed by atoms with Crippen LogP contribution in [0.3, 0.4) is 0 Å². The molecule has 72 valence electrons. The Labute approximate surface area is 80.0 Å². The number of hydrogen-bond donors (Lipinski definition) is 2. The first-order chi connectivity index (χ1) is 6.68. The van der Waals surface area contributed by atoms with E-state index in [0.717, 1.165) is 5.56 Å². The summed E-state index contributed by atoms with van der Waals surface area (Å²) in [5, 5.41) is 12.9. The van der Waals surface area contributed by atoms with Gasteiger partial charge in [0.2, 0.25) is 0 Å². The molecule has 0 aromatic carbocycles. The van der Waals surface area contributed by atoms with Gasteiger partial charge >= 0.3 is 5.97 Å². The average Bonchev–Trinajstić information content (AvgIpc) is 2.70. The van der Waals surface area contributed by atoms with Crippen LogP contribution >= 0.6 is 0 Å². The van der Waals surface area contributed by atoms with Crippen LogP contribution in [-0.2, 0) is 7.05 Å². The van der Waals surface area contributed by atoms with Gasteiger partial charge in [-0.05, 0) is 0 Å². The summed E-state index contributed by atoms with van der Waals surface area (Å²) in [5.74, 6) is -0.940. The van der Waals surface area contributed by atoms with Crippen LogP contribution in [0.5, 0.6) is 0 Å². The molecule has 0 atom stereocenters. The Kier molecular flexibility index (Phi) is 1.85. The van der Waals surface area contributed by atoms with Gasteiger partial charge in [-0.3, -0.25) is 4.68 Å². The van der Waals surface area contributed by atoms with Crippen LogP contribution in [0.4, 0.5) is 0 Å². The molecule has 0 amide bonds. The van der Waals surface area contributed by atoms with Gasteiger partial charge in [-0.15, -0.1) is 0 Å². The van der Waals surface area contributed by atoms with Gasteiger partial charge in [-0.25, -0.2) is 4.79 Å². The van der Waals surface area contributed by atoms with Crippen molar-refractivity contribution in [3.63, 3.8) is 0 Å². The number of aryl methyl sites for hydroxylation is 1. The first-order valence-corrected chi connectivity index (χ1v) is 4.07. The normalized spacial score (nSPS) is 10.4. The van der Waals surface area contributed by atoms with Crippen LogP contribution in [0.25, 0.3) is 11.1 Å². The zero-order chi connectivity index (χ0) is 10.1. The van der Waals surface area contributed by atoms with Crippen molar-refractivity contribution in [2.45, 2.75) is 0 Å². The van der Waals surface area contributed by atoms with E-state index in [9.17, 15) is 4.79 Å². The monoisotopic (exact) mass is 191 g/mol. The van der Waals surface area contributed by atoms with Gasteiger partial charge < -0.3 is 10.1 Å². The molecular formula is C9H9N3O2. The maximum atomic E-state index is 10.8. The van der Waals surface area contributed by atoms with E-state index in [1.165, 1.54) is 6.20 Å². The lowest BCUT2D eigenvalue weighted by Crippen LogP contribution is -1.95. The van der Waals surface area contributed by atoms with Crippen LogP contribution < -0.4 is 0 Å². The van der Waals surface area contributed by atoms with E-state index in [1.807, 2.05) is 0 Å². The molecule has 2 aromatic heterocycles. The van der Waals surface area contributed by atoms with Crippen LogP contribution in [0, 0.1) is 0 Å². The van der Waals surface area contributed by atoms with Gasteiger partial charge in [0, 0.05) is 36.8 Å². The molecule has 14 heavy (non-hydrogen) atoms. The van der Waals surface area contributed by atoms with Crippen molar-refractivity contribution in [3.8, 4) is 11.1 Å². The highest BCUT2D eigenvalue weighted by Gasteiger charge is 2.13. The molecule has 0 aliphatic carbocycles. The fourth-order valence-electron chi connectivity index (χ4n) is 1.34. The first-order valence-electron chi connectivity index (χ1n) is 4.07. The highest BCUT2D eigenvalue weighted by Crippen LogP contribution is 2.22. The molecule has 0 spiro atoms. The highest BCUT2D eigenvalue weighted by molar-refractivity contribution is 5.95. The number of aromatic carboxylic acids is 1. The fourth-order valence-corrected chi connectivity index (χ4v) is 1.34. The van der Waals surface area contributed by atoms with Crippen LogP contribution in [0.2, 0.25) is 0 Å². The van der Waals surface area contributed by atoms with E-state index < -0.39 is 5.97 Å². The van der Waals surface area contributed by atoms with E-state index in [1.54, 1.807) is 30.3 Å². The first kappa shape index (κ1) is 8.55. The smallest absolute Gasteiger partial charge is 0.337 e. The molecule has 0 radical (unpaired) electrons. The van der Waals surface area contributed by atoms with Gasteiger partial charge in [-0.2, -0.15) is 5.10 Å². The summed E-state index contributed by atoms with van der Waals surface area (Å²) in [4.78, 5) is 13.6. The Bertz CT molecular complexity index is 470. The summed E-state index contributed by atoms with van der Waals surface area (Å²) in [6.07, 6.45) is 6.52. The molecule has 0 saturated heterocycles. The number of carboxylic acid groups (broad SMARTS) is 1. The molecule has 0 unspecified atom stereocenters. The summed E-state index contributed by atoms with van der Waals surface area (Å²) < 4.78 is 1.63. The molecule has 5 heteroatoms. The predicted octanol–water partition coefficient (Wildman–Crippen LogP) is 1.11. The number of rotatable bonds is 2. The van der Waals surface area contributed by atoms with Gasteiger partial charge in [0.05, 0.1) is 11.8 Å². The molecule has 0 aliphatic heterocycles. The maximum Gasteiger partial charge on any atom is 0.337 e. The lowest BCUT2D eigenvalue weighted by Gasteiger charge is -1.94. The van der Waals surface area contributed by atoms with Crippen LogP contribution in [0.15, 0.2) is 24.8 Å². The van der Waals surface area contributed by atoms with Crippen LogP contribution in [-0.4, -0.2) is 25.8 Å². The predicted molar refractivity (Wildman–Crippen MR) is 50.0 cm³/mol. The standard InChI is InChI=1S/C9H9N3O2/c1-12-5-6(2-11-12)7-3-10-4-8(7)9(13)14/h2-5,10H,1H3,(H,13,14). The second-order valence-corrected chi connectivity index (χ2v) is 2.99. The van der Waals surface area contributed by atoms with Gasteiger partial charge in [0.25, 0.3) is 0 Å². The minimum atomic E-state index is -0.940. The zero-order valence-electron chi connectivity index (χ0n) is 7.56. The van der Waals surface area contributed by atoms with Crippen molar-refractivity contribution >= 4 is 5.97 Å². The van der Waals surface area contributed by atoms with E-state index in [2.05, 4.69) is 10.1 Å². The molecule has 2 heterocycles. The van der Waals surface area contributed by atoms with Crippen molar-refractivity contribution in [3.05, 3.63) is 30.4 Å². The highest BCUT2D eigenvalue weighted by atomic mass is 16.4. The Morgan fingerprint density at radius 2 is 2.36 bits per heavy atom. The Hall–Kier alpha value is -2.04. The molecule has 2 rings (SSSR count). The van der Waals surface area contributed by atoms with E-state index in [0.29, 0.717) is 5.56 Å². The van der Waals surface area contributed by atoms with Crippen molar-refractivity contribution in [1.29, 1.82) is 0 Å². The molecule has 0 fully saturated rings. The second-order valence-electron chi connectivity index (χ2n) is 2.99. The number of carboxylic acids is 1. The summed E-state index contributed by atoms with van der Waals surface area (Å²) >= 11 is 0. The number of nitrogens with zero attached hydrogens (tertiary/aromatic N) is 2. The Morgan fingerprint density at radius 3 is 2.93 bits per heavy atom. The third-order valence-corrected chi connectivity index (χ3v) is 1.99. The van der Waals surface area contributed by atoms with E-state index >= 15 is 0 Å². The van der Waals surface area contributed by atoms with Gasteiger partial charge in [0.1, 0.15) is 0 Å². The lowest BCUT2D eigenvalue weighted by atomic mass is 10.1. The molecule has 0 bridgehead atoms. The summed E-state index contributed by atoms with van der Waals surface area (Å²) in [6, 6.07) is 0. The third-order valence-electron chi connectivity index (χ3n) is 1.99.